The van der Waals surface area contributed by atoms with Crippen LogP contribution in [0.1, 0.15) is 44.9 Å². The van der Waals surface area contributed by atoms with Crippen molar-refractivity contribution in [2.24, 2.45) is 0 Å². The molecular weight excluding hydrogens is 244 g/mol. The first-order valence-corrected chi connectivity index (χ1v) is 8.46. The zero-order valence-corrected chi connectivity index (χ0v) is 12.4. The number of hydrogen-bond donors (Lipinski definition) is 1. The molecule has 2 aliphatic rings. The van der Waals surface area contributed by atoms with Crippen molar-refractivity contribution >= 4 is 17.7 Å². The van der Waals surface area contributed by atoms with Crippen molar-refractivity contribution in [1.29, 1.82) is 0 Å². The van der Waals surface area contributed by atoms with E-state index in [1.54, 1.807) is 0 Å². The molecule has 0 spiro atoms. The van der Waals surface area contributed by atoms with Crippen molar-refractivity contribution in [2.45, 2.75) is 50.5 Å². The summed E-state index contributed by atoms with van der Waals surface area (Å²) in [7, 11) is 2.02. The summed E-state index contributed by atoms with van der Waals surface area (Å²) in [6.07, 6.45) is 8.05. The zero-order chi connectivity index (χ0) is 12.8. The van der Waals surface area contributed by atoms with Crippen molar-refractivity contribution in [3.05, 3.63) is 0 Å². The number of carbonyl (C=O) groups is 1. The molecule has 0 bridgehead atoms. The largest absolute Gasteiger partial charge is 0.342 e. The lowest BCUT2D eigenvalue weighted by molar-refractivity contribution is -0.132. The predicted octanol–water partition coefficient (Wildman–Crippen LogP) is 2.26. The van der Waals surface area contributed by atoms with Crippen LogP contribution < -0.4 is 5.32 Å². The number of hydrogen-bond acceptors (Lipinski definition) is 3. The van der Waals surface area contributed by atoms with Gasteiger partial charge in [-0.2, -0.15) is 11.8 Å². The second-order valence-corrected chi connectivity index (χ2v) is 6.84. The summed E-state index contributed by atoms with van der Waals surface area (Å²) < 4.78 is 0. The van der Waals surface area contributed by atoms with Crippen LogP contribution in [0.25, 0.3) is 0 Å². The molecule has 1 aliphatic heterocycles. The van der Waals surface area contributed by atoms with Gasteiger partial charge in [0.2, 0.25) is 5.91 Å². The SMILES string of the molecule is CNC1(CC(=O)N2CCCSCC2)CCCCC1. The molecule has 3 nitrogen and oxygen atoms in total. The fourth-order valence-electron chi connectivity index (χ4n) is 3.14. The number of nitrogens with one attached hydrogen (secondary N) is 1. The van der Waals surface area contributed by atoms with E-state index < -0.39 is 0 Å². The van der Waals surface area contributed by atoms with E-state index in [9.17, 15) is 4.79 Å². The van der Waals surface area contributed by atoms with Gasteiger partial charge in [-0.25, -0.2) is 0 Å². The maximum atomic E-state index is 12.5. The van der Waals surface area contributed by atoms with Gasteiger partial charge in [0.15, 0.2) is 0 Å². The van der Waals surface area contributed by atoms with Gasteiger partial charge in [0.1, 0.15) is 0 Å². The fraction of sp³-hybridized carbons (Fsp3) is 0.929. The Morgan fingerprint density at radius 1 is 1.17 bits per heavy atom. The smallest absolute Gasteiger partial charge is 0.224 e. The van der Waals surface area contributed by atoms with Gasteiger partial charge in [0, 0.05) is 30.8 Å². The first-order chi connectivity index (χ1) is 8.76. The predicted molar refractivity (Wildman–Crippen MR) is 78.0 cm³/mol. The van der Waals surface area contributed by atoms with Gasteiger partial charge in [-0.1, -0.05) is 19.3 Å². The molecule has 0 aromatic heterocycles. The molecule has 1 aliphatic carbocycles. The topological polar surface area (TPSA) is 32.3 Å². The number of rotatable bonds is 3. The second-order valence-electron chi connectivity index (χ2n) is 5.61. The molecule has 1 N–H and O–H groups in total. The summed E-state index contributed by atoms with van der Waals surface area (Å²) in [5.41, 5.74) is 0.0920. The third-order valence-corrected chi connectivity index (χ3v) is 5.45. The van der Waals surface area contributed by atoms with Crippen LogP contribution in [-0.4, -0.2) is 48.0 Å². The lowest BCUT2D eigenvalue weighted by Crippen LogP contribution is -2.49. The minimum atomic E-state index is 0.0920. The van der Waals surface area contributed by atoms with Gasteiger partial charge in [-0.3, -0.25) is 4.79 Å². The molecule has 1 amide bonds. The lowest BCUT2D eigenvalue weighted by Gasteiger charge is -2.38. The first kappa shape index (κ1) is 14.2. The minimum Gasteiger partial charge on any atom is -0.342 e. The number of carbonyl (C=O) groups excluding carboxylic acids is 1. The number of amides is 1. The van der Waals surface area contributed by atoms with Crippen LogP contribution in [0.15, 0.2) is 0 Å². The van der Waals surface area contributed by atoms with Gasteiger partial charge < -0.3 is 10.2 Å². The molecule has 0 aromatic carbocycles. The molecule has 104 valence electrons. The second kappa shape index (κ2) is 6.80. The van der Waals surface area contributed by atoms with E-state index in [1.807, 2.05) is 18.8 Å². The van der Waals surface area contributed by atoms with Crippen LogP contribution >= 0.6 is 11.8 Å². The zero-order valence-electron chi connectivity index (χ0n) is 11.5. The van der Waals surface area contributed by atoms with Crippen LogP contribution in [0.3, 0.4) is 0 Å². The van der Waals surface area contributed by atoms with Crippen molar-refractivity contribution in [2.75, 3.05) is 31.6 Å². The van der Waals surface area contributed by atoms with E-state index in [-0.39, 0.29) is 5.54 Å². The number of nitrogens with zero attached hydrogens (tertiary/aromatic N) is 1. The Balaban J connectivity index is 1.91. The molecule has 0 atom stereocenters. The van der Waals surface area contributed by atoms with Gasteiger partial charge in [0.25, 0.3) is 0 Å². The van der Waals surface area contributed by atoms with Crippen molar-refractivity contribution in [3.8, 4) is 0 Å². The van der Waals surface area contributed by atoms with Crippen molar-refractivity contribution in [1.82, 2.24) is 10.2 Å². The molecular formula is C14H26N2OS. The van der Waals surface area contributed by atoms with Crippen LogP contribution in [0, 0.1) is 0 Å². The van der Waals surface area contributed by atoms with Crippen molar-refractivity contribution in [3.63, 3.8) is 0 Å². The van der Waals surface area contributed by atoms with Crippen LogP contribution in [0.4, 0.5) is 0 Å². The van der Waals surface area contributed by atoms with Gasteiger partial charge in [-0.05, 0) is 32.1 Å². The molecule has 1 saturated heterocycles. The lowest BCUT2D eigenvalue weighted by atomic mass is 9.79. The summed E-state index contributed by atoms with van der Waals surface area (Å²) >= 11 is 1.98. The Morgan fingerprint density at radius 2 is 1.94 bits per heavy atom. The Kier molecular flexibility index (Phi) is 5.37. The minimum absolute atomic E-state index is 0.0920. The summed E-state index contributed by atoms with van der Waals surface area (Å²) in [6, 6.07) is 0. The summed E-state index contributed by atoms with van der Waals surface area (Å²) in [5, 5.41) is 3.45. The Bertz CT molecular complexity index is 269. The van der Waals surface area contributed by atoms with Crippen molar-refractivity contribution < 1.29 is 4.79 Å². The van der Waals surface area contributed by atoms with Crippen LogP contribution in [0.5, 0.6) is 0 Å². The highest BCUT2D eigenvalue weighted by atomic mass is 32.2. The van der Waals surface area contributed by atoms with Gasteiger partial charge in [0.05, 0.1) is 0 Å². The third-order valence-electron chi connectivity index (χ3n) is 4.41. The Morgan fingerprint density at radius 3 is 2.67 bits per heavy atom. The molecule has 0 aromatic rings. The summed E-state index contributed by atoms with van der Waals surface area (Å²) in [4.78, 5) is 14.6. The highest BCUT2D eigenvalue weighted by Gasteiger charge is 2.34. The molecule has 18 heavy (non-hydrogen) atoms. The normalized spacial score (nSPS) is 24.6. The van der Waals surface area contributed by atoms with E-state index in [0.717, 1.165) is 38.1 Å². The van der Waals surface area contributed by atoms with E-state index in [2.05, 4.69) is 10.2 Å². The molecule has 0 unspecified atom stereocenters. The van der Waals surface area contributed by atoms with E-state index in [4.69, 9.17) is 0 Å². The maximum absolute atomic E-state index is 12.5. The fourth-order valence-corrected chi connectivity index (χ4v) is 4.03. The Hall–Kier alpha value is -0.220. The Labute approximate surface area is 115 Å². The first-order valence-electron chi connectivity index (χ1n) is 7.30. The highest BCUT2D eigenvalue weighted by molar-refractivity contribution is 7.99. The highest BCUT2D eigenvalue weighted by Crippen LogP contribution is 2.31. The molecule has 4 heteroatoms. The molecule has 1 saturated carbocycles. The molecule has 1 heterocycles. The van der Waals surface area contributed by atoms with Gasteiger partial charge in [-0.15, -0.1) is 0 Å². The maximum Gasteiger partial charge on any atom is 0.224 e. The summed E-state index contributed by atoms with van der Waals surface area (Å²) in [5.74, 6) is 2.69. The molecule has 0 radical (unpaired) electrons. The summed E-state index contributed by atoms with van der Waals surface area (Å²) in [6.45, 7) is 1.91. The standard InChI is InChI=1S/C14H26N2OS/c1-15-14(6-3-2-4-7-14)12-13(17)16-8-5-10-18-11-9-16/h15H,2-12H2,1H3. The molecule has 2 fully saturated rings. The van der Waals surface area contributed by atoms with E-state index >= 15 is 0 Å². The molecule has 2 rings (SSSR count). The van der Waals surface area contributed by atoms with Crippen LogP contribution in [0.2, 0.25) is 0 Å². The van der Waals surface area contributed by atoms with E-state index in [0.29, 0.717) is 12.3 Å². The average molecular weight is 270 g/mol. The third kappa shape index (κ3) is 3.64. The quantitative estimate of drug-likeness (QED) is 0.854. The van der Waals surface area contributed by atoms with Gasteiger partial charge >= 0.3 is 0 Å². The van der Waals surface area contributed by atoms with E-state index in [1.165, 1.54) is 25.0 Å². The number of thioether (sulfide) groups is 1. The average Bonchev–Trinajstić information content (AvgIpc) is 2.68. The van der Waals surface area contributed by atoms with Crippen LogP contribution in [-0.2, 0) is 4.79 Å². The monoisotopic (exact) mass is 270 g/mol.